The molecule has 4 N–H and O–H groups in total. The Kier molecular flexibility index (Phi) is 5.66. The summed E-state index contributed by atoms with van der Waals surface area (Å²) >= 11 is 0. The Labute approximate surface area is 186 Å². The number of aliphatic imine (C=N–C) groups is 1. The molecule has 1 aromatic heterocycles. The monoisotopic (exact) mass is 457 g/mol. The van der Waals surface area contributed by atoms with Crippen molar-refractivity contribution in [2.75, 3.05) is 24.2 Å². The van der Waals surface area contributed by atoms with Crippen LogP contribution in [0.5, 0.6) is 0 Å². The highest BCUT2D eigenvalue weighted by Crippen LogP contribution is 2.37. The molecule has 0 radical (unpaired) electrons. The molecule has 1 fully saturated rings. The Morgan fingerprint density at radius 2 is 2.19 bits per heavy atom. The van der Waals surface area contributed by atoms with Gasteiger partial charge in [0.15, 0.2) is 0 Å². The van der Waals surface area contributed by atoms with Crippen molar-refractivity contribution in [3.8, 4) is 6.07 Å². The first-order valence-electron chi connectivity index (χ1n) is 10.2. The summed E-state index contributed by atoms with van der Waals surface area (Å²) in [4.78, 5) is 21.0. The third-order valence-electron chi connectivity index (χ3n) is 5.62. The van der Waals surface area contributed by atoms with Crippen LogP contribution < -0.4 is 15.8 Å². The molecular formula is C21H24FN7O2S. The van der Waals surface area contributed by atoms with Crippen LogP contribution in [0.2, 0.25) is 0 Å². The van der Waals surface area contributed by atoms with E-state index in [2.05, 4.69) is 20.0 Å². The first-order valence-corrected chi connectivity index (χ1v) is 12.0. The molecular weight excluding hydrogens is 433 g/mol. The lowest BCUT2D eigenvalue weighted by molar-refractivity contribution is 0.102. The predicted molar refractivity (Wildman–Crippen MR) is 121 cm³/mol. The van der Waals surface area contributed by atoms with E-state index in [1.807, 2.05) is 6.07 Å². The summed E-state index contributed by atoms with van der Waals surface area (Å²) in [7, 11) is -3.09. The van der Waals surface area contributed by atoms with Crippen LogP contribution in [-0.4, -0.2) is 44.2 Å². The number of guanidine groups is 1. The maximum absolute atomic E-state index is 14.9. The first-order chi connectivity index (χ1) is 15.2. The van der Waals surface area contributed by atoms with E-state index in [4.69, 9.17) is 11.0 Å². The zero-order valence-corrected chi connectivity index (χ0v) is 18.4. The molecule has 9 nitrogen and oxygen atoms in total. The summed E-state index contributed by atoms with van der Waals surface area (Å²) in [6.07, 6.45) is 3.00. The largest absolute Gasteiger partial charge is 0.369 e. The molecule has 32 heavy (non-hydrogen) atoms. The Morgan fingerprint density at radius 1 is 1.38 bits per heavy atom. The van der Waals surface area contributed by atoms with Gasteiger partial charge in [0.1, 0.15) is 23.1 Å². The fourth-order valence-electron chi connectivity index (χ4n) is 4.02. The molecule has 168 valence electrons. The van der Waals surface area contributed by atoms with Crippen LogP contribution in [0, 0.1) is 17.1 Å². The Morgan fingerprint density at radius 3 is 2.91 bits per heavy atom. The molecule has 0 aliphatic carbocycles. The standard InChI is InChI=1S/C21H24FN7O2S/c1-21(13-32(31)26-8-2-3-9-29(32)20(24)28-21)16-10-15(5-6-17(16)22)27-19(30)18-7-4-14(11-23)12-25-18/h4-7,10,12,32H,2-3,8-9,13H2,1H3,(H2,24,28)(H,26,31)(H,27,30). The van der Waals surface area contributed by atoms with Gasteiger partial charge in [0, 0.05) is 40.8 Å². The number of halogens is 1. The molecule has 11 heteroatoms. The van der Waals surface area contributed by atoms with E-state index >= 15 is 0 Å². The lowest BCUT2D eigenvalue weighted by atomic mass is 9.93. The summed E-state index contributed by atoms with van der Waals surface area (Å²) in [5, 5.41) is 11.5. The Balaban J connectivity index is 1.65. The van der Waals surface area contributed by atoms with E-state index in [1.165, 1.54) is 36.5 Å². The van der Waals surface area contributed by atoms with Crippen LogP contribution in [0.4, 0.5) is 10.1 Å². The van der Waals surface area contributed by atoms with Crippen LogP contribution in [-0.2, 0) is 15.8 Å². The van der Waals surface area contributed by atoms with Gasteiger partial charge in [-0.25, -0.2) is 19.1 Å². The zero-order valence-electron chi connectivity index (χ0n) is 17.5. The van der Waals surface area contributed by atoms with Gasteiger partial charge in [-0.05, 0) is 50.1 Å². The van der Waals surface area contributed by atoms with Gasteiger partial charge < -0.3 is 11.1 Å². The number of nitrogens with zero attached hydrogens (tertiary/aromatic N) is 4. The highest BCUT2D eigenvalue weighted by Gasteiger charge is 2.43. The molecule has 4 rings (SSSR count). The SMILES string of the molecule is CC1(c2cc(NC(=O)c3ccc(C#N)cn3)ccc2F)C[SH]2(=O)NCCCCN2C(N)=N1. The molecule has 0 spiro atoms. The van der Waals surface area contributed by atoms with Crippen LogP contribution in [0.1, 0.15) is 41.4 Å². The Hall–Kier alpha value is -3.36. The fourth-order valence-corrected chi connectivity index (χ4v) is 6.90. The average Bonchev–Trinajstić information content (AvgIpc) is 2.96. The smallest absolute Gasteiger partial charge is 0.274 e. The van der Waals surface area contributed by atoms with Crippen molar-refractivity contribution >= 4 is 27.9 Å². The molecule has 1 aromatic carbocycles. The minimum Gasteiger partial charge on any atom is -0.369 e. The molecule has 1 amide bonds. The van der Waals surface area contributed by atoms with Crippen molar-refractivity contribution < 1.29 is 13.4 Å². The molecule has 1 saturated heterocycles. The molecule has 0 bridgehead atoms. The van der Waals surface area contributed by atoms with Crippen molar-refractivity contribution in [1.82, 2.24) is 14.0 Å². The van der Waals surface area contributed by atoms with Gasteiger partial charge in [0.25, 0.3) is 5.91 Å². The summed E-state index contributed by atoms with van der Waals surface area (Å²) < 4.78 is 33.3. The van der Waals surface area contributed by atoms with E-state index in [1.54, 1.807) is 11.2 Å². The molecule has 2 aliphatic heterocycles. The molecule has 2 aliphatic rings. The quantitative estimate of drug-likeness (QED) is 0.517. The number of nitriles is 1. The minimum absolute atomic E-state index is 0.0756. The lowest BCUT2D eigenvalue weighted by Crippen LogP contribution is -2.60. The number of fused-ring (bicyclic) bond motifs is 1. The van der Waals surface area contributed by atoms with Gasteiger partial charge in [-0.1, -0.05) is 0 Å². The molecule has 0 saturated carbocycles. The lowest BCUT2D eigenvalue weighted by Gasteiger charge is -2.45. The number of carbonyl (C=O) groups is 1. The van der Waals surface area contributed by atoms with Gasteiger partial charge in [0.2, 0.25) is 5.96 Å². The number of anilines is 1. The maximum atomic E-state index is 14.9. The summed E-state index contributed by atoms with van der Waals surface area (Å²) in [5.74, 6) is -0.847. The highest BCUT2D eigenvalue weighted by molar-refractivity contribution is 7.99. The van der Waals surface area contributed by atoms with Crippen molar-refractivity contribution in [3.05, 3.63) is 59.2 Å². The number of pyridine rings is 1. The third kappa shape index (κ3) is 4.06. The number of carbonyl (C=O) groups excluding carboxylic acids is 1. The van der Waals surface area contributed by atoms with E-state index in [-0.39, 0.29) is 23.0 Å². The number of benzene rings is 1. The second-order valence-corrected chi connectivity index (χ2v) is 10.6. The van der Waals surface area contributed by atoms with E-state index in [0.717, 1.165) is 12.8 Å². The van der Waals surface area contributed by atoms with Gasteiger partial charge >= 0.3 is 0 Å². The number of nitrogens with one attached hydrogen (secondary N) is 2. The zero-order chi connectivity index (χ0) is 22.9. The second kappa shape index (κ2) is 8.29. The van der Waals surface area contributed by atoms with Crippen molar-refractivity contribution in [2.24, 2.45) is 10.7 Å². The van der Waals surface area contributed by atoms with Crippen molar-refractivity contribution in [2.45, 2.75) is 25.3 Å². The average molecular weight is 458 g/mol. The van der Waals surface area contributed by atoms with Gasteiger partial charge in [0.05, 0.1) is 11.3 Å². The number of aromatic nitrogens is 1. The number of rotatable bonds is 3. The topological polar surface area (TPSA) is 136 Å². The molecule has 1 atom stereocenters. The predicted octanol–water partition coefficient (Wildman–Crippen LogP) is 1.42. The molecule has 2 aromatic rings. The molecule has 1 unspecified atom stereocenters. The normalized spacial score (nSPS) is 23.2. The fraction of sp³-hybridized carbons (Fsp3) is 0.333. The van der Waals surface area contributed by atoms with E-state index in [9.17, 15) is 13.4 Å². The minimum atomic E-state index is -3.09. The highest BCUT2D eigenvalue weighted by atomic mass is 32.3. The van der Waals surface area contributed by atoms with Gasteiger partial charge in [-0.15, -0.1) is 0 Å². The Bertz CT molecular complexity index is 1180. The number of thiol groups is 1. The third-order valence-corrected chi connectivity index (χ3v) is 8.57. The summed E-state index contributed by atoms with van der Waals surface area (Å²) in [6, 6.07) is 9.00. The van der Waals surface area contributed by atoms with Crippen LogP contribution in [0.3, 0.4) is 0 Å². The number of hydrogen-bond donors (Lipinski definition) is 4. The summed E-state index contributed by atoms with van der Waals surface area (Å²) in [5.41, 5.74) is 5.96. The van der Waals surface area contributed by atoms with Gasteiger partial charge in [-0.2, -0.15) is 5.26 Å². The van der Waals surface area contributed by atoms with Crippen LogP contribution in [0.15, 0.2) is 41.5 Å². The number of amides is 1. The second-order valence-electron chi connectivity index (χ2n) is 8.03. The number of hydrogen-bond acceptors (Lipinski definition) is 6. The van der Waals surface area contributed by atoms with Crippen LogP contribution >= 0.6 is 0 Å². The van der Waals surface area contributed by atoms with Crippen molar-refractivity contribution in [1.29, 1.82) is 5.26 Å². The van der Waals surface area contributed by atoms with E-state index < -0.39 is 27.6 Å². The van der Waals surface area contributed by atoms with Crippen molar-refractivity contribution in [3.63, 3.8) is 0 Å². The van der Waals surface area contributed by atoms with Crippen LogP contribution in [0.25, 0.3) is 0 Å². The maximum Gasteiger partial charge on any atom is 0.274 e. The van der Waals surface area contributed by atoms with E-state index in [0.29, 0.717) is 24.3 Å². The van der Waals surface area contributed by atoms with Gasteiger partial charge in [-0.3, -0.25) is 13.3 Å². The summed E-state index contributed by atoms with van der Waals surface area (Å²) in [6.45, 7) is 2.81. The first kappa shape index (κ1) is 21.9. The number of nitrogens with two attached hydrogens (primary N) is 1. The molecule has 3 heterocycles.